The maximum Gasteiger partial charge on any atom is 0.408 e. The van der Waals surface area contributed by atoms with Crippen molar-refractivity contribution in [3.8, 4) is 0 Å². The summed E-state index contributed by atoms with van der Waals surface area (Å²) in [6.07, 6.45) is 1.55. The van der Waals surface area contributed by atoms with Crippen LogP contribution in [0, 0.1) is 17.0 Å². The lowest BCUT2D eigenvalue weighted by molar-refractivity contribution is -0.188. The fourth-order valence-corrected chi connectivity index (χ4v) is 6.06. The molecule has 2 aliphatic rings. The highest BCUT2D eigenvalue weighted by molar-refractivity contribution is 5.94. The Balaban J connectivity index is 2.36. The number of rotatable bonds is 4. The lowest BCUT2D eigenvalue weighted by Gasteiger charge is -2.64. The van der Waals surface area contributed by atoms with Crippen molar-refractivity contribution < 1.29 is 33.0 Å². The van der Waals surface area contributed by atoms with Gasteiger partial charge in [0, 0.05) is 6.07 Å². The molecule has 1 N–H and O–H groups in total. The molecule has 0 bridgehead atoms. The molecule has 2 atom stereocenters. The first kappa shape index (κ1) is 25.9. The van der Waals surface area contributed by atoms with Gasteiger partial charge in [0.25, 0.3) is 0 Å². The molecule has 1 spiro atoms. The highest BCUT2D eigenvalue weighted by atomic mass is 19.1. The second kappa shape index (κ2) is 9.15. The van der Waals surface area contributed by atoms with Gasteiger partial charge in [-0.05, 0) is 49.8 Å². The molecule has 0 radical (unpaired) electrons. The summed E-state index contributed by atoms with van der Waals surface area (Å²) in [6.45, 7) is 8.36. The SMILES string of the molecule is CCOC(=O)CN1C(=O)C2(CCCCC2)N(C(=O)O)C(C(C)(C)C)[C@@]1(C)c1cc(F)cc(F)c1. The van der Waals surface area contributed by atoms with E-state index in [0.717, 1.165) is 24.6 Å². The molecule has 1 saturated heterocycles. The van der Waals surface area contributed by atoms with Gasteiger partial charge in [0.15, 0.2) is 0 Å². The number of hydrogen-bond donors (Lipinski definition) is 1. The van der Waals surface area contributed by atoms with Crippen LogP contribution >= 0.6 is 0 Å². The maximum absolute atomic E-state index is 14.4. The number of nitrogens with zero attached hydrogens (tertiary/aromatic N) is 2. The van der Waals surface area contributed by atoms with Gasteiger partial charge in [0.1, 0.15) is 23.7 Å². The van der Waals surface area contributed by atoms with Crippen LogP contribution < -0.4 is 0 Å². The van der Waals surface area contributed by atoms with Gasteiger partial charge in [-0.1, -0.05) is 40.0 Å². The molecule has 1 heterocycles. The molecule has 1 aromatic carbocycles. The molecule has 7 nitrogen and oxygen atoms in total. The maximum atomic E-state index is 14.4. The summed E-state index contributed by atoms with van der Waals surface area (Å²) in [5, 5.41) is 10.5. The predicted octanol–water partition coefficient (Wildman–Crippen LogP) is 4.68. The van der Waals surface area contributed by atoms with E-state index >= 15 is 0 Å². The Morgan fingerprint density at radius 2 is 1.68 bits per heavy atom. The molecular weight excluding hydrogens is 446 g/mol. The number of hydrogen-bond acceptors (Lipinski definition) is 4. The average molecular weight is 481 g/mol. The molecule has 188 valence electrons. The van der Waals surface area contributed by atoms with Crippen LogP contribution in [0.15, 0.2) is 18.2 Å². The predicted molar refractivity (Wildman–Crippen MR) is 121 cm³/mol. The van der Waals surface area contributed by atoms with Crippen molar-refractivity contribution in [3.05, 3.63) is 35.4 Å². The van der Waals surface area contributed by atoms with E-state index in [9.17, 15) is 28.3 Å². The van der Waals surface area contributed by atoms with E-state index in [-0.39, 0.29) is 12.2 Å². The molecule has 1 unspecified atom stereocenters. The van der Waals surface area contributed by atoms with Gasteiger partial charge in [0.2, 0.25) is 5.91 Å². The summed E-state index contributed by atoms with van der Waals surface area (Å²) in [6, 6.07) is 2.01. The Morgan fingerprint density at radius 3 is 2.15 bits per heavy atom. The number of carbonyl (C=O) groups is 3. The second-order valence-electron chi connectivity index (χ2n) is 10.5. The average Bonchev–Trinajstić information content (AvgIpc) is 2.73. The van der Waals surface area contributed by atoms with E-state index < -0.39 is 58.7 Å². The Bertz CT molecular complexity index is 950. The summed E-state index contributed by atoms with van der Waals surface area (Å²) in [7, 11) is 0. The van der Waals surface area contributed by atoms with E-state index in [1.807, 2.05) is 20.8 Å². The molecule has 2 amide bonds. The van der Waals surface area contributed by atoms with Crippen LogP contribution in [0.5, 0.6) is 0 Å². The largest absolute Gasteiger partial charge is 0.465 e. The van der Waals surface area contributed by atoms with Crippen molar-refractivity contribution in [1.82, 2.24) is 9.80 Å². The minimum Gasteiger partial charge on any atom is -0.465 e. The highest BCUT2D eigenvalue weighted by Gasteiger charge is 2.66. The van der Waals surface area contributed by atoms with Crippen molar-refractivity contribution in [1.29, 1.82) is 0 Å². The van der Waals surface area contributed by atoms with Gasteiger partial charge in [-0.3, -0.25) is 14.5 Å². The zero-order valence-electron chi connectivity index (χ0n) is 20.5. The van der Waals surface area contributed by atoms with Crippen LogP contribution in [-0.4, -0.2) is 57.6 Å². The van der Waals surface area contributed by atoms with Gasteiger partial charge in [-0.15, -0.1) is 0 Å². The third-order valence-electron chi connectivity index (χ3n) is 7.20. The molecule has 2 fully saturated rings. The molecule has 3 rings (SSSR count). The van der Waals surface area contributed by atoms with E-state index in [4.69, 9.17) is 4.74 Å². The van der Waals surface area contributed by atoms with Crippen LogP contribution in [-0.2, 0) is 19.9 Å². The Kier molecular flexibility index (Phi) is 6.97. The molecular formula is C25H34F2N2O5. The minimum atomic E-state index is -1.55. The van der Waals surface area contributed by atoms with E-state index in [0.29, 0.717) is 25.7 Å². The highest BCUT2D eigenvalue weighted by Crippen LogP contribution is 2.53. The molecule has 1 saturated carbocycles. The number of carbonyl (C=O) groups excluding carboxylic acids is 2. The van der Waals surface area contributed by atoms with Gasteiger partial charge in [-0.25, -0.2) is 13.6 Å². The third kappa shape index (κ3) is 4.25. The molecule has 1 aliphatic carbocycles. The molecule has 1 aromatic rings. The third-order valence-corrected chi connectivity index (χ3v) is 7.20. The van der Waals surface area contributed by atoms with Crippen LogP contribution in [0.1, 0.15) is 72.3 Å². The van der Waals surface area contributed by atoms with E-state index in [1.165, 1.54) is 9.80 Å². The Hall–Kier alpha value is -2.71. The second-order valence-corrected chi connectivity index (χ2v) is 10.5. The van der Waals surface area contributed by atoms with Crippen molar-refractivity contribution in [3.63, 3.8) is 0 Å². The summed E-state index contributed by atoms with van der Waals surface area (Å²) in [4.78, 5) is 42.2. The first-order valence-electron chi connectivity index (χ1n) is 11.8. The molecule has 0 aromatic heterocycles. The van der Waals surface area contributed by atoms with Gasteiger partial charge in [-0.2, -0.15) is 0 Å². The quantitative estimate of drug-likeness (QED) is 0.632. The summed E-state index contributed by atoms with van der Waals surface area (Å²) >= 11 is 0. The zero-order valence-corrected chi connectivity index (χ0v) is 20.5. The Morgan fingerprint density at radius 1 is 1.12 bits per heavy atom. The van der Waals surface area contributed by atoms with E-state index in [2.05, 4.69) is 0 Å². The van der Waals surface area contributed by atoms with Crippen LogP contribution in [0.3, 0.4) is 0 Å². The van der Waals surface area contributed by atoms with E-state index in [1.54, 1.807) is 13.8 Å². The topological polar surface area (TPSA) is 87.2 Å². The molecule has 1 aliphatic heterocycles. The number of halogens is 2. The Labute approximate surface area is 199 Å². The lowest BCUT2D eigenvalue weighted by atomic mass is 9.63. The molecule has 34 heavy (non-hydrogen) atoms. The fraction of sp³-hybridized carbons (Fsp3) is 0.640. The standard InChI is InChI=1S/C25H34F2N2O5/c1-6-34-19(30)15-28-21(31)25(10-8-7-9-11-25)29(22(32)33)20(23(2,3)4)24(28,5)16-12-17(26)14-18(27)13-16/h12-14,20H,6-11,15H2,1-5H3,(H,32,33)/t20?,24-/m1/s1. The normalized spacial score (nSPS) is 24.9. The number of esters is 1. The number of carboxylic acid groups (broad SMARTS) is 1. The molecule has 9 heteroatoms. The number of piperazine rings is 1. The first-order valence-corrected chi connectivity index (χ1v) is 11.8. The van der Waals surface area contributed by atoms with Gasteiger partial charge in [0.05, 0.1) is 18.2 Å². The first-order chi connectivity index (χ1) is 15.8. The van der Waals surface area contributed by atoms with Gasteiger partial charge < -0.3 is 14.7 Å². The number of ether oxygens (including phenoxy) is 1. The smallest absolute Gasteiger partial charge is 0.408 e. The zero-order chi connectivity index (χ0) is 25.5. The summed E-state index contributed by atoms with van der Waals surface area (Å²) in [5.74, 6) is -2.91. The number of amides is 2. The summed E-state index contributed by atoms with van der Waals surface area (Å²) < 4.78 is 34.0. The fourth-order valence-electron chi connectivity index (χ4n) is 6.06. The van der Waals surface area contributed by atoms with Crippen molar-refractivity contribution in [2.45, 2.75) is 83.8 Å². The van der Waals surface area contributed by atoms with Crippen LogP contribution in [0.25, 0.3) is 0 Å². The van der Waals surface area contributed by atoms with Crippen LogP contribution in [0.2, 0.25) is 0 Å². The van der Waals surface area contributed by atoms with Crippen molar-refractivity contribution in [2.24, 2.45) is 5.41 Å². The minimum absolute atomic E-state index is 0.0829. The van der Waals surface area contributed by atoms with Crippen LogP contribution in [0.4, 0.5) is 13.6 Å². The van der Waals surface area contributed by atoms with Crippen molar-refractivity contribution in [2.75, 3.05) is 13.2 Å². The van der Waals surface area contributed by atoms with Gasteiger partial charge >= 0.3 is 12.1 Å². The summed E-state index contributed by atoms with van der Waals surface area (Å²) in [5.41, 5.74) is -3.60. The van der Waals surface area contributed by atoms with Crippen molar-refractivity contribution >= 4 is 18.0 Å². The number of benzene rings is 1. The lowest BCUT2D eigenvalue weighted by Crippen LogP contribution is -2.80. The monoisotopic (exact) mass is 480 g/mol.